The van der Waals surface area contributed by atoms with Crippen LogP contribution in [0.1, 0.15) is 19.4 Å². The number of hydrogen-bond acceptors (Lipinski definition) is 1. The van der Waals surface area contributed by atoms with Gasteiger partial charge in [0.1, 0.15) is 0 Å². The number of benzene rings is 1. The van der Waals surface area contributed by atoms with E-state index in [1.54, 1.807) is 6.07 Å². The number of nitrogens with one attached hydrogen (secondary N) is 1. The molecule has 78 valence electrons. The number of H-pyrrole nitrogens is 1. The highest BCUT2D eigenvalue weighted by molar-refractivity contribution is 6.31. The second-order valence-electron chi connectivity index (χ2n) is 3.80. The molecule has 1 heterocycles. The summed E-state index contributed by atoms with van der Waals surface area (Å²) in [5.41, 5.74) is 2.82. The van der Waals surface area contributed by atoms with Crippen LogP contribution in [0.4, 0.5) is 0 Å². The van der Waals surface area contributed by atoms with Gasteiger partial charge >= 0.3 is 0 Å². The zero-order valence-electron chi connectivity index (χ0n) is 8.63. The molecule has 0 aliphatic carbocycles. The van der Waals surface area contributed by atoms with Crippen LogP contribution in [0.5, 0.6) is 5.88 Å². The first-order valence-electron chi connectivity index (χ1n) is 4.73. The summed E-state index contributed by atoms with van der Waals surface area (Å²) < 4.78 is 0. The molecular formula is C12H12ClNO. The Morgan fingerprint density at radius 3 is 2.80 bits per heavy atom. The van der Waals surface area contributed by atoms with Crippen LogP contribution in [-0.2, 0) is 0 Å². The minimum absolute atomic E-state index is 0.188. The van der Waals surface area contributed by atoms with Crippen molar-refractivity contribution in [1.82, 2.24) is 4.98 Å². The number of fused-ring (bicyclic) bond motifs is 1. The van der Waals surface area contributed by atoms with Gasteiger partial charge in [0.25, 0.3) is 0 Å². The van der Waals surface area contributed by atoms with Gasteiger partial charge in [0.2, 0.25) is 0 Å². The van der Waals surface area contributed by atoms with Crippen LogP contribution in [0.2, 0.25) is 5.02 Å². The normalized spacial score (nSPS) is 10.6. The van der Waals surface area contributed by atoms with Crippen molar-refractivity contribution >= 4 is 28.6 Å². The van der Waals surface area contributed by atoms with Gasteiger partial charge in [0.15, 0.2) is 5.88 Å². The second kappa shape index (κ2) is 3.63. The lowest BCUT2D eigenvalue weighted by Crippen LogP contribution is -1.72. The van der Waals surface area contributed by atoms with Gasteiger partial charge in [-0.2, -0.15) is 0 Å². The summed E-state index contributed by atoms with van der Waals surface area (Å²) in [6, 6.07) is 5.53. The molecule has 0 saturated carbocycles. The quantitative estimate of drug-likeness (QED) is 0.752. The highest BCUT2D eigenvalue weighted by Gasteiger charge is 2.08. The number of aromatic nitrogens is 1. The summed E-state index contributed by atoms with van der Waals surface area (Å²) >= 11 is 5.87. The van der Waals surface area contributed by atoms with E-state index in [1.165, 1.54) is 0 Å². The summed E-state index contributed by atoms with van der Waals surface area (Å²) in [4.78, 5) is 2.90. The Morgan fingerprint density at radius 1 is 1.40 bits per heavy atom. The molecule has 1 aromatic carbocycles. The number of hydrogen-bond donors (Lipinski definition) is 2. The van der Waals surface area contributed by atoms with Crippen LogP contribution < -0.4 is 0 Å². The Hall–Kier alpha value is -1.41. The number of allylic oxidation sites excluding steroid dienone is 1. The van der Waals surface area contributed by atoms with Crippen molar-refractivity contribution < 1.29 is 5.11 Å². The number of aromatic hydroxyl groups is 1. The molecule has 0 amide bonds. The van der Waals surface area contributed by atoms with E-state index in [1.807, 2.05) is 32.1 Å². The molecule has 0 spiro atoms. The Balaban J connectivity index is 2.74. The molecule has 0 bridgehead atoms. The van der Waals surface area contributed by atoms with E-state index < -0.39 is 0 Å². The molecule has 0 aliphatic heterocycles. The number of rotatable bonds is 1. The van der Waals surface area contributed by atoms with Gasteiger partial charge in [-0.15, -0.1) is 0 Å². The maximum Gasteiger partial charge on any atom is 0.196 e. The Morgan fingerprint density at radius 2 is 2.13 bits per heavy atom. The topological polar surface area (TPSA) is 36.0 Å². The van der Waals surface area contributed by atoms with Gasteiger partial charge in [-0.1, -0.05) is 29.3 Å². The standard InChI is InChI=1S/C12H12ClNO/c1-7(2)5-10-9-4-3-8(13)6-11(9)14-12(10)15/h3-6,14-15H,1-2H3. The van der Waals surface area contributed by atoms with Crippen molar-refractivity contribution in [3.63, 3.8) is 0 Å². The average molecular weight is 222 g/mol. The molecule has 2 N–H and O–H groups in total. The van der Waals surface area contributed by atoms with Crippen LogP contribution in [0, 0.1) is 0 Å². The Bertz CT molecular complexity index is 536. The summed E-state index contributed by atoms with van der Waals surface area (Å²) in [6.45, 7) is 3.99. The predicted molar refractivity (Wildman–Crippen MR) is 64.3 cm³/mol. The smallest absolute Gasteiger partial charge is 0.196 e. The van der Waals surface area contributed by atoms with Gasteiger partial charge in [-0.05, 0) is 26.0 Å². The lowest BCUT2D eigenvalue weighted by Gasteiger charge is -1.94. The molecule has 0 radical (unpaired) electrons. The van der Waals surface area contributed by atoms with Crippen LogP contribution in [-0.4, -0.2) is 10.1 Å². The molecule has 2 aromatic rings. The van der Waals surface area contributed by atoms with E-state index in [4.69, 9.17) is 11.6 Å². The largest absolute Gasteiger partial charge is 0.494 e. The van der Waals surface area contributed by atoms with Crippen LogP contribution in [0.15, 0.2) is 23.8 Å². The summed E-state index contributed by atoms with van der Waals surface area (Å²) in [5.74, 6) is 0.188. The molecule has 0 atom stereocenters. The van der Waals surface area contributed by atoms with Gasteiger partial charge in [0.05, 0.1) is 5.52 Å². The molecule has 0 fully saturated rings. The highest BCUT2D eigenvalue weighted by atomic mass is 35.5. The van der Waals surface area contributed by atoms with E-state index in [-0.39, 0.29) is 5.88 Å². The van der Waals surface area contributed by atoms with Crippen molar-refractivity contribution in [3.8, 4) is 5.88 Å². The zero-order chi connectivity index (χ0) is 11.0. The predicted octanol–water partition coefficient (Wildman–Crippen LogP) is 3.95. The third kappa shape index (κ3) is 1.85. The highest BCUT2D eigenvalue weighted by Crippen LogP contribution is 2.30. The monoisotopic (exact) mass is 221 g/mol. The number of halogens is 1. The fourth-order valence-electron chi connectivity index (χ4n) is 1.61. The lowest BCUT2D eigenvalue weighted by molar-refractivity contribution is 0.457. The molecule has 3 heteroatoms. The van der Waals surface area contributed by atoms with Crippen molar-refractivity contribution in [3.05, 3.63) is 34.4 Å². The molecule has 15 heavy (non-hydrogen) atoms. The maximum absolute atomic E-state index is 9.73. The van der Waals surface area contributed by atoms with Gasteiger partial charge in [0, 0.05) is 16.0 Å². The maximum atomic E-state index is 9.73. The van der Waals surface area contributed by atoms with Gasteiger partial charge in [-0.3, -0.25) is 0 Å². The third-order valence-electron chi connectivity index (χ3n) is 2.21. The van der Waals surface area contributed by atoms with Crippen LogP contribution >= 0.6 is 11.6 Å². The fraction of sp³-hybridized carbons (Fsp3) is 0.167. The van der Waals surface area contributed by atoms with E-state index in [9.17, 15) is 5.11 Å². The number of aromatic amines is 1. The minimum Gasteiger partial charge on any atom is -0.494 e. The van der Waals surface area contributed by atoms with Crippen molar-refractivity contribution in [2.45, 2.75) is 13.8 Å². The van der Waals surface area contributed by atoms with E-state index in [0.29, 0.717) is 5.02 Å². The molecule has 0 saturated heterocycles. The van der Waals surface area contributed by atoms with Gasteiger partial charge < -0.3 is 10.1 Å². The summed E-state index contributed by atoms with van der Waals surface area (Å²) in [5, 5.41) is 11.4. The van der Waals surface area contributed by atoms with Crippen molar-refractivity contribution in [1.29, 1.82) is 0 Å². The van der Waals surface area contributed by atoms with Crippen LogP contribution in [0.3, 0.4) is 0 Å². The van der Waals surface area contributed by atoms with E-state index >= 15 is 0 Å². The Kier molecular flexibility index (Phi) is 2.45. The fourth-order valence-corrected chi connectivity index (χ4v) is 1.78. The zero-order valence-corrected chi connectivity index (χ0v) is 9.39. The second-order valence-corrected chi connectivity index (χ2v) is 4.24. The molecule has 1 aromatic heterocycles. The van der Waals surface area contributed by atoms with E-state index in [0.717, 1.165) is 22.0 Å². The first kappa shape index (κ1) is 10.1. The molecule has 2 nitrogen and oxygen atoms in total. The molecule has 0 aliphatic rings. The van der Waals surface area contributed by atoms with E-state index in [2.05, 4.69) is 4.98 Å². The minimum atomic E-state index is 0.188. The van der Waals surface area contributed by atoms with Crippen molar-refractivity contribution in [2.75, 3.05) is 0 Å². The first-order chi connectivity index (χ1) is 7.08. The Labute approximate surface area is 93.2 Å². The SMILES string of the molecule is CC(C)=Cc1c(O)[nH]c2cc(Cl)ccc12. The molecule has 2 rings (SSSR count). The van der Waals surface area contributed by atoms with Crippen LogP contribution in [0.25, 0.3) is 17.0 Å². The summed E-state index contributed by atoms with van der Waals surface area (Å²) in [7, 11) is 0. The molecule has 0 unspecified atom stereocenters. The third-order valence-corrected chi connectivity index (χ3v) is 2.45. The lowest BCUT2D eigenvalue weighted by atomic mass is 10.1. The average Bonchev–Trinajstić information content (AvgIpc) is 2.41. The van der Waals surface area contributed by atoms with Crippen molar-refractivity contribution in [2.24, 2.45) is 0 Å². The first-order valence-corrected chi connectivity index (χ1v) is 5.11. The molecular weight excluding hydrogens is 210 g/mol. The van der Waals surface area contributed by atoms with Gasteiger partial charge in [-0.25, -0.2) is 0 Å². The summed E-state index contributed by atoms with van der Waals surface area (Å²) in [6.07, 6.45) is 1.95.